The van der Waals surface area contributed by atoms with Gasteiger partial charge in [-0.15, -0.1) is 0 Å². The molecule has 5 aliphatic rings. The molecule has 10 heteroatoms. The van der Waals surface area contributed by atoms with Gasteiger partial charge in [0.15, 0.2) is 34.9 Å². The zero-order valence-corrected chi connectivity index (χ0v) is 22.3. The number of ether oxygens (including phenoxy) is 8. The van der Waals surface area contributed by atoms with Crippen LogP contribution < -0.4 is 37.9 Å². The van der Waals surface area contributed by atoms with Crippen molar-refractivity contribution in [3.8, 4) is 51.7 Å². The lowest BCUT2D eigenvalue weighted by Gasteiger charge is -2.35. The summed E-state index contributed by atoms with van der Waals surface area (Å²) in [7, 11) is 1.59. The van der Waals surface area contributed by atoms with Crippen LogP contribution in [0.25, 0.3) is 0 Å². The molecule has 4 aromatic carbocycles. The van der Waals surface area contributed by atoms with E-state index in [-0.39, 0.29) is 20.0 Å². The second-order valence-corrected chi connectivity index (χ2v) is 11.0. The molecule has 9 rings (SSSR count). The molecule has 42 heavy (non-hydrogen) atoms. The molecule has 0 amide bonds. The molecule has 0 aromatic heterocycles. The highest BCUT2D eigenvalue weighted by molar-refractivity contribution is 5.59. The zero-order chi connectivity index (χ0) is 28.2. The van der Waals surface area contributed by atoms with E-state index in [0.717, 1.165) is 5.56 Å². The van der Waals surface area contributed by atoms with E-state index >= 15 is 0 Å². The molecule has 0 saturated carbocycles. The number of benzene rings is 4. The van der Waals surface area contributed by atoms with Crippen molar-refractivity contribution in [3.05, 3.63) is 89.0 Å². The number of aliphatic hydroxyl groups is 2. The average Bonchev–Trinajstić information content (AvgIpc) is 3.67. The SMILES string of the molecule is COc1ccc2c(c1)OC1c3ccc(Oc4ccc5c(c4)OCC4(O)c6cc7c(cc6OC54)OCO7)cc3OCC21O. The molecule has 5 heterocycles. The highest BCUT2D eigenvalue weighted by Gasteiger charge is 2.54. The molecular weight excluding hydrogens is 544 g/mol. The Morgan fingerprint density at radius 3 is 1.79 bits per heavy atom. The normalized spacial score (nSPS) is 26.5. The Balaban J connectivity index is 0.976. The first-order chi connectivity index (χ1) is 20.4. The monoisotopic (exact) mass is 568 g/mol. The van der Waals surface area contributed by atoms with E-state index in [1.54, 1.807) is 55.6 Å². The van der Waals surface area contributed by atoms with Gasteiger partial charge in [0.05, 0.1) is 7.11 Å². The average molecular weight is 569 g/mol. The first-order valence-electron chi connectivity index (χ1n) is 13.5. The largest absolute Gasteiger partial charge is 0.497 e. The number of hydrogen-bond donors (Lipinski definition) is 2. The first-order valence-corrected chi connectivity index (χ1v) is 13.5. The standard InChI is InChI=1S/C32H24O10/c1-35-16-4-7-21-25(8-16)41-29-19-5-2-17(9-23(19)36-13-31(21,29)33)40-18-3-6-20-24(10-18)37-14-32(34)22-11-27-28(39-15-38-27)12-26(22)42-30(20)32/h2-12,29-30,33-34H,13-15H2,1H3. The summed E-state index contributed by atoms with van der Waals surface area (Å²) in [5.41, 5.74) is 0.0291. The van der Waals surface area contributed by atoms with Crippen LogP contribution in [-0.2, 0) is 11.2 Å². The highest BCUT2D eigenvalue weighted by Crippen LogP contribution is 2.57. The van der Waals surface area contributed by atoms with E-state index in [1.807, 2.05) is 18.2 Å². The third-order valence-electron chi connectivity index (χ3n) is 8.62. The van der Waals surface area contributed by atoms with Crippen LogP contribution in [0.1, 0.15) is 34.5 Å². The molecule has 0 spiro atoms. The van der Waals surface area contributed by atoms with Gasteiger partial charge in [-0.25, -0.2) is 0 Å². The van der Waals surface area contributed by atoms with Crippen molar-refractivity contribution in [2.45, 2.75) is 23.4 Å². The van der Waals surface area contributed by atoms with Crippen LogP contribution in [-0.4, -0.2) is 37.3 Å². The van der Waals surface area contributed by atoms with Gasteiger partial charge in [0, 0.05) is 46.5 Å². The maximum Gasteiger partial charge on any atom is 0.231 e. The van der Waals surface area contributed by atoms with Gasteiger partial charge in [0.2, 0.25) is 6.79 Å². The number of hydrogen-bond acceptors (Lipinski definition) is 10. The quantitative estimate of drug-likeness (QED) is 0.362. The fourth-order valence-electron chi connectivity index (χ4n) is 6.47. The van der Waals surface area contributed by atoms with Gasteiger partial charge in [0.1, 0.15) is 53.5 Å². The Hall–Kier alpha value is -4.80. The third-order valence-corrected chi connectivity index (χ3v) is 8.62. The van der Waals surface area contributed by atoms with Gasteiger partial charge < -0.3 is 48.1 Å². The summed E-state index contributed by atoms with van der Waals surface area (Å²) < 4.78 is 46.9. The summed E-state index contributed by atoms with van der Waals surface area (Å²) in [6, 6.07) is 19.7. The van der Waals surface area contributed by atoms with Crippen molar-refractivity contribution in [1.82, 2.24) is 0 Å². The van der Waals surface area contributed by atoms with E-state index in [4.69, 9.17) is 37.9 Å². The highest BCUT2D eigenvalue weighted by atomic mass is 16.7. The fraction of sp³-hybridized carbons (Fsp3) is 0.250. The fourth-order valence-corrected chi connectivity index (χ4v) is 6.47. The Kier molecular flexibility index (Phi) is 4.63. The predicted octanol–water partition coefficient (Wildman–Crippen LogP) is 4.64. The Morgan fingerprint density at radius 1 is 0.595 bits per heavy atom. The van der Waals surface area contributed by atoms with Crippen LogP contribution in [0.5, 0.6) is 51.7 Å². The molecule has 2 N–H and O–H groups in total. The topological polar surface area (TPSA) is 114 Å². The minimum absolute atomic E-state index is 0.00596. The molecule has 4 unspecified atom stereocenters. The third kappa shape index (κ3) is 3.16. The van der Waals surface area contributed by atoms with Crippen LogP contribution in [0.3, 0.4) is 0 Å². The van der Waals surface area contributed by atoms with Crippen molar-refractivity contribution in [1.29, 1.82) is 0 Å². The lowest BCUT2D eigenvalue weighted by molar-refractivity contribution is -0.0865. The van der Waals surface area contributed by atoms with Crippen LogP contribution >= 0.6 is 0 Å². The Morgan fingerprint density at radius 2 is 1.14 bits per heavy atom. The molecule has 4 atom stereocenters. The van der Waals surface area contributed by atoms with Crippen LogP contribution in [0.4, 0.5) is 0 Å². The molecule has 4 aromatic rings. The van der Waals surface area contributed by atoms with Gasteiger partial charge in [-0.1, -0.05) is 0 Å². The van der Waals surface area contributed by atoms with Gasteiger partial charge in [-0.05, 0) is 42.5 Å². The Bertz CT molecular complexity index is 1800. The minimum Gasteiger partial charge on any atom is -0.497 e. The number of methoxy groups -OCH3 is 1. The van der Waals surface area contributed by atoms with Crippen LogP contribution in [0.2, 0.25) is 0 Å². The molecule has 5 aliphatic heterocycles. The van der Waals surface area contributed by atoms with Crippen LogP contribution in [0.15, 0.2) is 66.7 Å². The predicted molar refractivity (Wildman–Crippen MR) is 144 cm³/mol. The lowest BCUT2D eigenvalue weighted by Crippen LogP contribution is -2.41. The van der Waals surface area contributed by atoms with E-state index in [2.05, 4.69) is 0 Å². The second-order valence-electron chi connectivity index (χ2n) is 11.0. The summed E-state index contributed by atoms with van der Waals surface area (Å²) in [4.78, 5) is 0. The summed E-state index contributed by atoms with van der Waals surface area (Å²) in [5, 5.41) is 23.1. The molecule has 0 radical (unpaired) electrons. The zero-order valence-electron chi connectivity index (χ0n) is 22.3. The summed E-state index contributed by atoms with van der Waals surface area (Å²) >= 11 is 0. The van der Waals surface area contributed by atoms with Crippen molar-refractivity contribution in [2.75, 3.05) is 27.1 Å². The molecule has 212 valence electrons. The van der Waals surface area contributed by atoms with Gasteiger partial charge >= 0.3 is 0 Å². The van der Waals surface area contributed by atoms with Crippen molar-refractivity contribution in [2.24, 2.45) is 0 Å². The van der Waals surface area contributed by atoms with E-state index in [0.29, 0.717) is 68.4 Å². The molecular formula is C32H24O10. The van der Waals surface area contributed by atoms with Gasteiger partial charge in [-0.2, -0.15) is 0 Å². The van der Waals surface area contributed by atoms with E-state index < -0.39 is 23.4 Å². The maximum absolute atomic E-state index is 11.6. The number of fused-ring (bicyclic) bond motifs is 11. The van der Waals surface area contributed by atoms with Crippen molar-refractivity contribution < 1.29 is 48.1 Å². The number of rotatable bonds is 3. The Labute approximate surface area is 239 Å². The van der Waals surface area contributed by atoms with E-state index in [9.17, 15) is 10.2 Å². The summed E-state index contributed by atoms with van der Waals surface area (Å²) in [5.74, 6) is 5.13. The van der Waals surface area contributed by atoms with Gasteiger partial charge in [0.25, 0.3) is 0 Å². The minimum atomic E-state index is -1.36. The second kappa shape index (κ2) is 8.15. The lowest BCUT2D eigenvalue weighted by atomic mass is 9.84. The maximum atomic E-state index is 11.6. The van der Waals surface area contributed by atoms with Gasteiger partial charge in [-0.3, -0.25) is 0 Å². The summed E-state index contributed by atoms with van der Waals surface area (Å²) in [6.45, 7) is 0.180. The van der Waals surface area contributed by atoms with Crippen molar-refractivity contribution in [3.63, 3.8) is 0 Å². The molecule has 0 fully saturated rings. The van der Waals surface area contributed by atoms with E-state index in [1.165, 1.54) is 0 Å². The summed E-state index contributed by atoms with van der Waals surface area (Å²) in [6.07, 6.45) is -1.28. The molecule has 10 nitrogen and oxygen atoms in total. The van der Waals surface area contributed by atoms with Crippen molar-refractivity contribution >= 4 is 0 Å². The smallest absolute Gasteiger partial charge is 0.231 e. The molecule has 0 saturated heterocycles. The van der Waals surface area contributed by atoms with Crippen LogP contribution in [0, 0.1) is 0 Å². The first kappa shape index (κ1) is 23.9. The molecule has 0 aliphatic carbocycles. The molecule has 0 bridgehead atoms.